The minimum absolute atomic E-state index is 0.117. The van der Waals surface area contributed by atoms with Crippen LogP contribution in [0.15, 0.2) is 24.3 Å². The van der Waals surface area contributed by atoms with Crippen LogP contribution in [0.4, 0.5) is 0 Å². The fourth-order valence-electron chi connectivity index (χ4n) is 5.10. The lowest BCUT2D eigenvalue weighted by Crippen LogP contribution is -2.36. The van der Waals surface area contributed by atoms with Crippen LogP contribution in [0.2, 0.25) is 0 Å². The van der Waals surface area contributed by atoms with Gasteiger partial charge in [0, 0.05) is 37.3 Å². The fraction of sp³-hybridized carbons (Fsp3) is 0.765. The number of benzene rings is 1. The molecule has 0 radical (unpaired) electrons. The second-order valence-electron chi connectivity index (χ2n) is 11.2. The molecule has 0 aliphatic rings. The van der Waals surface area contributed by atoms with E-state index in [4.69, 9.17) is 0 Å². The first-order chi connectivity index (χ1) is 19.5. The van der Waals surface area contributed by atoms with Crippen LogP contribution < -0.4 is 10.6 Å². The maximum atomic E-state index is 12.7. The molecule has 2 amide bonds. The van der Waals surface area contributed by atoms with Crippen LogP contribution in [0.5, 0.6) is 0 Å². The zero-order valence-electron chi connectivity index (χ0n) is 26.6. The van der Waals surface area contributed by atoms with Gasteiger partial charge in [-0.1, -0.05) is 111 Å². The zero-order valence-corrected chi connectivity index (χ0v) is 26.6. The Morgan fingerprint density at radius 1 is 0.550 bits per heavy atom. The predicted molar refractivity (Wildman–Crippen MR) is 171 cm³/mol. The third kappa shape index (κ3) is 17.7. The van der Waals surface area contributed by atoms with Crippen molar-refractivity contribution in [3.05, 3.63) is 35.4 Å². The third-order valence-corrected chi connectivity index (χ3v) is 7.86. The van der Waals surface area contributed by atoms with E-state index < -0.39 is 0 Å². The Labute approximate surface area is 247 Å². The average Bonchev–Trinajstić information content (AvgIpc) is 2.98. The van der Waals surface area contributed by atoms with Crippen molar-refractivity contribution < 1.29 is 9.59 Å². The Bertz CT molecular complexity index is 711. The summed E-state index contributed by atoms with van der Waals surface area (Å²) >= 11 is 0. The zero-order chi connectivity index (χ0) is 29.3. The van der Waals surface area contributed by atoms with Crippen LogP contribution >= 0.6 is 0 Å². The maximum absolute atomic E-state index is 12.7. The van der Waals surface area contributed by atoms with Crippen LogP contribution in [0.1, 0.15) is 138 Å². The summed E-state index contributed by atoms with van der Waals surface area (Å²) in [6, 6.07) is 7.06. The summed E-state index contributed by atoms with van der Waals surface area (Å²) < 4.78 is 0. The molecular formula is C34H62N4O2. The third-order valence-electron chi connectivity index (χ3n) is 7.86. The van der Waals surface area contributed by atoms with Crippen LogP contribution in [0, 0.1) is 0 Å². The monoisotopic (exact) mass is 558 g/mol. The molecule has 0 unspecified atom stereocenters. The molecule has 1 aromatic carbocycles. The molecule has 6 nitrogen and oxygen atoms in total. The molecule has 0 aliphatic heterocycles. The number of amides is 2. The van der Waals surface area contributed by atoms with Crippen molar-refractivity contribution in [3.8, 4) is 0 Å². The van der Waals surface area contributed by atoms with E-state index >= 15 is 0 Å². The van der Waals surface area contributed by atoms with E-state index in [1.54, 1.807) is 24.3 Å². The predicted octanol–water partition coefficient (Wildman–Crippen LogP) is 7.29. The molecule has 0 spiro atoms. The van der Waals surface area contributed by atoms with Crippen molar-refractivity contribution in [1.29, 1.82) is 0 Å². The number of nitrogens with zero attached hydrogens (tertiary/aromatic N) is 2. The first kappa shape index (κ1) is 36.1. The molecule has 0 heterocycles. The average molecular weight is 559 g/mol. The highest BCUT2D eigenvalue weighted by atomic mass is 16.2. The Balaban J connectivity index is 2.31. The van der Waals surface area contributed by atoms with Gasteiger partial charge in [-0.25, -0.2) is 0 Å². The van der Waals surface area contributed by atoms with Gasteiger partial charge in [0.25, 0.3) is 11.8 Å². The standard InChI is InChI=1S/C34H62N4O2/c1-5-9-11-13-15-17-19-26-37(7-3)28-24-35-33(39)31-22-21-23-32(30-31)34(40)36-25-29-38(8-4)27-20-18-16-14-12-10-6-2/h21-23,30H,5-20,24-29H2,1-4H3,(H,35,39)(H,36,40). The number of nitrogens with one attached hydrogen (secondary N) is 2. The lowest BCUT2D eigenvalue weighted by atomic mass is 10.1. The van der Waals surface area contributed by atoms with Crippen LogP contribution in [-0.2, 0) is 0 Å². The molecule has 230 valence electrons. The molecule has 0 saturated carbocycles. The van der Waals surface area contributed by atoms with Crippen LogP contribution in [-0.4, -0.2) is 74.0 Å². The first-order valence-electron chi connectivity index (χ1n) is 16.7. The molecule has 0 aromatic heterocycles. The number of hydrogen-bond acceptors (Lipinski definition) is 4. The lowest BCUT2D eigenvalue weighted by Gasteiger charge is -2.21. The molecule has 40 heavy (non-hydrogen) atoms. The first-order valence-corrected chi connectivity index (χ1v) is 16.7. The quantitative estimate of drug-likeness (QED) is 0.117. The van der Waals surface area contributed by atoms with Gasteiger partial charge in [0.15, 0.2) is 0 Å². The molecule has 0 aliphatic carbocycles. The summed E-state index contributed by atoms with van der Waals surface area (Å²) in [6.07, 6.45) is 18.4. The fourth-order valence-corrected chi connectivity index (χ4v) is 5.10. The molecule has 1 aromatic rings. The number of rotatable bonds is 26. The lowest BCUT2D eigenvalue weighted by molar-refractivity contribution is 0.0947. The van der Waals surface area contributed by atoms with Crippen molar-refractivity contribution in [2.75, 3.05) is 52.4 Å². The van der Waals surface area contributed by atoms with Gasteiger partial charge in [0.05, 0.1) is 0 Å². The second-order valence-corrected chi connectivity index (χ2v) is 11.2. The summed E-state index contributed by atoms with van der Waals surface area (Å²) in [5.74, 6) is -0.234. The molecule has 2 N–H and O–H groups in total. The van der Waals surface area contributed by atoms with Crippen molar-refractivity contribution in [2.45, 2.75) is 118 Å². The topological polar surface area (TPSA) is 64.7 Å². The summed E-state index contributed by atoms with van der Waals surface area (Å²) in [6.45, 7) is 16.0. The van der Waals surface area contributed by atoms with Crippen molar-refractivity contribution in [1.82, 2.24) is 20.4 Å². The highest BCUT2D eigenvalue weighted by Crippen LogP contribution is 2.09. The van der Waals surface area contributed by atoms with Gasteiger partial charge in [0.1, 0.15) is 0 Å². The minimum atomic E-state index is -0.117. The van der Waals surface area contributed by atoms with Gasteiger partial charge >= 0.3 is 0 Å². The van der Waals surface area contributed by atoms with E-state index in [9.17, 15) is 9.59 Å². The Morgan fingerprint density at radius 3 is 1.30 bits per heavy atom. The van der Waals surface area contributed by atoms with E-state index in [0.29, 0.717) is 24.2 Å². The number of hydrogen-bond donors (Lipinski definition) is 2. The van der Waals surface area contributed by atoms with Gasteiger partial charge < -0.3 is 20.4 Å². The van der Waals surface area contributed by atoms with Crippen molar-refractivity contribution in [3.63, 3.8) is 0 Å². The maximum Gasteiger partial charge on any atom is 0.251 e. The molecule has 0 atom stereocenters. The van der Waals surface area contributed by atoms with Crippen LogP contribution in [0.3, 0.4) is 0 Å². The van der Waals surface area contributed by atoms with Crippen molar-refractivity contribution >= 4 is 11.8 Å². The molecular weight excluding hydrogens is 496 g/mol. The van der Waals surface area contributed by atoms with Gasteiger partial charge in [-0.2, -0.15) is 0 Å². The highest BCUT2D eigenvalue weighted by molar-refractivity contribution is 5.99. The molecule has 0 saturated heterocycles. The molecule has 1 rings (SSSR count). The van der Waals surface area contributed by atoms with Gasteiger partial charge in [-0.15, -0.1) is 0 Å². The van der Waals surface area contributed by atoms with E-state index in [-0.39, 0.29) is 11.8 Å². The van der Waals surface area contributed by atoms with Gasteiger partial charge in [-0.05, 0) is 57.2 Å². The van der Waals surface area contributed by atoms with E-state index in [2.05, 4.69) is 48.1 Å². The van der Waals surface area contributed by atoms with Gasteiger partial charge in [0.2, 0.25) is 0 Å². The SMILES string of the molecule is CCCCCCCCCN(CC)CCNC(=O)c1cccc(C(=O)NCCN(CC)CCCCCCCCC)c1. The largest absolute Gasteiger partial charge is 0.351 e. The molecule has 0 bridgehead atoms. The number of carbonyl (C=O) groups is 2. The second kappa shape index (κ2) is 24.8. The summed E-state index contributed by atoms with van der Waals surface area (Å²) in [7, 11) is 0. The van der Waals surface area contributed by atoms with E-state index in [1.807, 2.05) is 0 Å². The number of likely N-dealkylation sites (N-methyl/N-ethyl adjacent to an activating group) is 2. The number of unbranched alkanes of at least 4 members (excludes halogenated alkanes) is 12. The Kier molecular flexibility index (Phi) is 22.4. The number of carbonyl (C=O) groups excluding carboxylic acids is 2. The van der Waals surface area contributed by atoms with E-state index in [1.165, 1.54) is 89.9 Å². The molecule has 6 heteroatoms. The Hall–Kier alpha value is -1.92. The van der Waals surface area contributed by atoms with Crippen molar-refractivity contribution in [2.24, 2.45) is 0 Å². The van der Waals surface area contributed by atoms with Crippen LogP contribution in [0.25, 0.3) is 0 Å². The normalized spacial score (nSPS) is 11.3. The molecule has 0 fully saturated rings. The smallest absolute Gasteiger partial charge is 0.251 e. The highest BCUT2D eigenvalue weighted by Gasteiger charge is 2.12. The van der Waals surface area contributed by atoms with E-state index in [0.717, 1.165) is 39.3 Å². The summed E-state index contributed by atoms with van der Waals surface area (Å²) in [5, 5.41) is 6.08. The van der Waals surface area contributed by atoms with Gasteiger partial charge in [-0.3, -0.25) is 9.59 Å². The summed E-state index contributed by atoms with van der Waals surface area (Å²) in [4.78, 5) is 30.3. The summed E-state index contributed by atoms with van der Waals surface area (Å²) in [5.41, 5.74) is 1.08. The minimum Gasteiger partial charge on any atom is -0.351 e. The Morgan fingerprint density at radius 2 is 0.925 bits per heavy atom.